The molecule has 26 heavy (non-hydrogen) atoms. The molecule has 0 aliphatic heterocycles. The van der Waals surface area contributed by atoms with E-state index < -0.39 is 0 Å². The van der Waals surface area contributed by atoms with Crippen molar-refractivity contribution >= 4 is 44.4 Å². The lowest BCUT2D eigenvalue weighted by Gasteiger charge is -2.04. The Hall–Kier alpha value is -2.44. The molecule has 0 saturated heterocycles. The van der Waals surface area contributed by atoms with Gasteiger partial charge in [-0.25, -0.2) is 4.98 Å². The van der Waals surface area contributed by atoms with Gasteiger partial charge in [0.1, 0.15) is 5.75 Å². The summed E-state index contributed by atoms with van der Waals surface area (Å²) in [6, 6.07) is 15.6. The minimum absolute atomic E-state index is 0.236. The maximum Gasteiger partial charge on any atom is 0.250 e. The maximum atomic E-state index is 12.2. The van der Waals surface area contributed by atoms with Gasteiger partial charge in [0.25, 0.3) is 0 Å². The molecule has 0 fully saturated rings. The summed E-state index contributed by atoms with van der Waals surface area (Å²) in [5, 5.41) is 3.41. The zero-order valence-electron chi connectivity index (χ0n) is 14.3. The van der Waals surface area contributed by atoms with E-state index in [9.17, 15) is 4.79 Å². The molecule has 0 bridgehead atoms. The Morgan fingerprint density at radius 2 is 2.00 bits per heavy atom. The van der Waals surface area contributed by atoms with Crippen LogP contribution in [0.4, 0.5) is 5.13 Å². The molecule has 132 valence electrons. The summed E-state index contributed by atoms with van der Waals surface area (Å²) in [7, 11) is 1.60. The molecule has 3 rings (SSSR count). The van der Waals surface area contributed by atoms with Crippen molar-refractivity contribution in [2.75, 3.05) is 12.4 Å². The monoisotopic (exact) mass is 428 g/mol. The number of halogens is 1. The smallest absolute Gasteiger partial charge is 0.250 e. The number of nitrogens with zero attached hydrogens (tertiary/aromatic N) is 1. The van der Waals surface area contributed by atoms with Crippen LogP contribution in [0.2, 0.25) is 0 Å². The summed E-state index contributed by atoms with van der Waals surface area (Å²) in [4.78, 5) is 17.8. The standard InChI is InChI=1S/C20H17BrN2O2S/c1-13-19(14-6-4-3-5-7-14)23-20(26-13)22-18(24)11-8-15-12-16(21)9-10-17(15)25-2/h3-12H,1-2H3,(H,22,23,24)/b11-8+. The van der Waals surface area contributed by atoms with Crippen LogP contribution in [-0.2, 0) is 4.79 Å². The fourth-order valence-electron chi connectivity index (χ4n) is 2.46. The minimum Gasteiger partial charge on any atom is -0.496 e. The van der Waals surface area contributed by atoms with E-state index in [0.717, 1.165) is 26.2 Å². The number of benzene rings is 2. The number of ether oxygens (including phenoxy) is 1. The van der Waals surface area contributed by atoms with Gasteiger partial charge in [-0.15, -0.1) is 11.3 Å². The number of hydrogen-bond donors (Lipinski definition) is 1. The van der Waals surface area contributed by atoms with Gasteiger partial charge in [0, 0.05) is 26.6 Å². The third-order valence-electron chi connectivity index (χ3n) is 3.68. The molecule has 1 aromatic heterocycles. The lowest BCUT2D eigenvalue weighted by atomic mass is 10.1. The molecule has 1 amide bonds. The summed E-state index contributed by atoms with van der Waals surface area (Å²) in [6.45, 7) is 2.00. The Kier molecular flexibility index (Phi) is 5.85. The molecule has 0 atom stereocenters. The summed E-state index contributed by atoms with van der Waals surface area (Å²) in [5.41, 5.74) is 2.75. The minimum atomic E-state index is -0.236. The van der Waals surface area contributed by atoms with Gasteiger partial charge in [-0.2, -0.15) is 0 Å². The molecule has 0 aliphatic carbocycles. The third-order valence-corrected chi connectivity index (χ3v) is 5.06. The lowest BCUT2D eigenvalue weighted by Crippen LogP contribution is -2.07. The molecule has 1 heterocycles. The van der Waals surface area contributed by atoms with Crippen molar-refractivity contribution in [3.05, 3.63) is 69.5 Å². The average Bonchev–Trinajstić information content (AvgIpc) is 3.01. The van der Waals surface area contributed by atoms with Crippen LogP contribution in [0, 0.1) is 6.92 Å². The first kappa shape index (κ1) is 18.4. The normalized spacial score (nSPS) is 10.9. The number of carbonyl (C=O) groups excluding carboxylic acids is 1. The molecule has 0 spiro atoms. The fourth-order valence-corrected chi connectivity index (χ4v) is 3.68. The Morgan fingerprint density at radius 3 is 2.73 bits per heavy atom. The molecule has 0 aliphatic rings. The molecule has 0 unspecified atom stereocenters. The zero-order valence-corrected chi connectivity index (χ0v) is 16.7. The van der Waals surface area contributed by atoms with E-state index in [1.54, 1.807) is 13.2 Å². The highest BCUT2D eigenvalue weighted by Gasteiger charge is 2.11. The number of aryl methyl sites for hydroxylation is 1. The van der Waals surface area contributed by atoms with Crippen molar-refractivity contribution in [1.29, 1.82) is 0 Å². The third kappa shape index (κ3) is 4.39. The first-order valence-corrected chi connectivity index (χ1v) is 9.53. The Morgan fingerprint density at radius 1 is 1.23 bits per heavy atom. The van der Waals surface area contributed by atoms with Crippen LogP contribution in [0.3, 0.4) is 0 Å². The van der Waals surface area contributed by atoms with Gasteiger partial charge in [-0.3, -0.25) is 10.1 Å². The molecule has 0 saturated carbocycles. The first-order chi connectivity index (χ1) is 12.6. The molecule has 1 N–H and O–H groups in total. The van der Waals surface area contributed by atoms with Crippen molar-refractivity contribution in [1.82, 2.24) is 4.98 Å². The number of nitrogens with one attached hydrogen (secondary N) is 1. The van der Waals surface area contributed by atoms with Crippen LogP contribution < -0.4 is 10.1 Å². The summed E-state index contributed by atoms with van der Waals surface area (Å²) in [6.07, 6.45) is 3.20. The van der Waals surface area contributed by atoms with Gasteiger partial charge in [-0.1, -0.05) is 46.3 Å². The molecule has 6 heteroatoms. The van der Waals surface area contributed by atoms with Crippen molar-refractivity contribution in [3.8, 4) is 17.0 Å². The first-order valence-electron chi connectivity index (χ1n) is 7.92. The number of hydrogen-bond acceptors (Lipinski definition) is 4. The van der Waals surface area contributed by atoms with Gasteiger partial charge in [0.05, 0.1) is 12.8 Å². The van der Waals surface area contributed by atoms with Crippen LogP contribution in [0.1, 0.15) is 10.4 Å². The van der Waals surface area contributed by atoms with Crippen molar-refractivity contribution < 1.29 is 9.53 Å². The van der Waals surface area contributed by atoms with Gasteiger partial charge in [0.15, 0.2) is 5.13 Å². The van der Waals surface area contributed by atoms with Crippen molar-refractivity contribution in [2.45, 2.75) is 6.92 Å². The van der Waals surface area contributed by atoms with Gasteiger partial charge < -0.3 is 4.74 Å². The maximum absolute atomic E-state index is 12.2. The lowest BCUT2D eigenvalue weighted by molar-refractivity contribution is -0.111. The van der Waals surface area contributed by atoms with E-state index in [1.165, 1.54) is 17.4 Å². The number of anilines is 1. The second-order valence-corrected chi connectivity index (χ2v) is 7.62. The van der Waals surface area contributed by atoms with E-state index in [2.05, 4.69) is 26.2 Å². The topological polar surface area (TPSA) is 51.2 Å². The highest BCUT2D eigenvalue weighted by Crippen LogP contribution is 2.30. The van der Waals surface area contributed by atoms with Crippen LogP contribution in [0.15, 0.2) is 59.1 Å². The van der Waals surface area contributed by atoms with Gasteiger partial charge in [0.2, 0.25) is 5.91 Å². The number of methoxy groups -OCH3 is 1. The van der Waals surface area contributed by atoms with Crippen molar-refractivity contribution in [2.24, 2.45) is 0 Å². The molecule has 4 nitrogen and oxygen atoms in total. The number of amides is 1. The largest absolute Gasteiger partial charge is 0.496 e. The number of thiazole rings is 1. The number of aromatic nitrogens is 1. The molecular formula is C20H17BrN2O2S. The van der Waals surface area contributed by atoms with Crippen LogP contribution in [0.25, 0.3) is 17.3 Å². The van der Waals surface area contributed by atoms with E-state index in [-0.39, 0.29) is 5.91 Å². The second kappa shape index (κ2) is 8.29. The summed E-state index contributed by atoms with van der Waals surface area (Å²) >= 11 is 4.88. The highest BCUT2D eigenvalue weighted by molar-refractivity contribution is 9.10. The Balaban J connectivity index is 1.74. The van der Waals surface area contributed by atoms with Gasteiger partial charge in [-0.05, 0) is 31.2 Å². The van der Waals surface area contributed by atoms with Crippen LogP contribution in [-0.4, -0.2) is 18.0 Å². The predicted octanol–water partition coefficient (Wildman–Crippen LogP) is 5.54. The molecular weight excluding hydrogens is 412 g/mol. The molecule has 0 radical (unpaired) electrons. The average molecular weight is 429 g/mol. The Bertz CT molecular complexity index is 952. The quantitative estimate of drug-likeness (QED) is 0.542. The van der Waals surface area contributed by atoms with E-state index in [0.29, 0.717) is 10.9 Å². The second-order valence-electron chi connectivity index (χ2n) is 5.50. The number of carbonyl (C=O) groups is 1. The predicted molar refractivity (Wildman–Crippen MR) is 111 cm³/mol. The summed E-state index contributed by atoms with van der Waals surface area (Å²) < 4.78 is 6.22. The molecule has 3 aromatic rings. The van der Waals surface area contributed by atoms with Crippen LogP contribution >= 0.6 is 27.3 Å². The van der Waals surface area contributed by atoms with Crippen molar-refractivity contribution in [3.63, 3.8) is 0 Å². The van der Waals surface area contributed by atoms with E-state index in [1.807, 2.05) is 55.5 Å². The van der Waals surface area contributed by atoms with Gasteiger partial charge >= 0.3 is 0 Å². The van der Waals surface area contributed by atoms with E-state index >= 15 is 0 Å². The molecule has 2 aromatic carbocycles. The van der Waals surface area contributed by atoms with E-state index in [4.69, 9.17) is 4.74 Å². The number of rotatable bonds is 5. The summed E-state index contributed by atoms with van der Waals surface area (Å²) in [5.74, 6) is 0.467. The zero-order chi connectivity index (χ0) is 18.5. The van der Waals surface area contributed by atoms with Crippen LogP contribution in [0.5, 0.6) is 5.75 Å². The highest BCUT2D eigenvalue weighted by atomic mass is 79.9. The fraction of sp³-hybridized carbons (Fsp3) is 0.100. The SMILES string of the molecule is COc1ccc(Br)cc1/C=C/C(=O)Nc1nc(-c2ccccc2)c(C)s1. The Labute approximate surface area is 164 Å².